The van der Waals surface area contributed by atoms with Gasteiger partial charge in [0.15, 0.2) is 5.76 Å². The van der Waals surface area contributed by atoms with Gasteiger partial charge in [0.2, 0.25) is 0 Å². The van der Waals surface area contributed by atoms with Crippen molar-refractivity contribution in [3.8, 4) is 0 Å². The molecule has 0 aliphatic carbocycles. The Morgan fingerprint density at radius 1 is 1.65 bits per heavy atom. The summed E-state index contributed by atoms with van der Waals surface area (Å²) >= 11 is 0. The molecule has 0 spiro atoms. The Morgan fingerprint density at radius 3 is 3.12 bits per heavy atom. The molecule has 0 aromatic carbocycles. The molecule has 1 fully saturated rings. The molecule has 0 radical (unpaired) electrons. The SMILES string of the molecule is CCc1ccc(C(=O)N2CCNCC2CN)o1. The smallest absolute Gasteiger partial charge is 0.289 e. The first-order valence-electron chi connectivity index (χ1n) is 6.06. The van der Waals surface area contributed by atoms with Gasteiger partial charge in [-0.2, -0.15) is 0 Å². The molecule has 2 rings (SSSR count). The van der Waals surface area contributed by atoms with Crippen LogP contribution in [0.3, 0.4) is 0 Å². The number of hydrogen-bond donors (Lipinski definition) is 2. The van der Waals surface area contributed by atoms with E-state index in [4.69, 9.17) is 10.2 Å². The van der Waals surface area contributed by atoms with Crippen LogP contribution in [0.2, 0.25) is 0 Å². The maximum Gasteiger partial charge on any atom is 0.289 e. The highest BCUT2D eigenvalue weighted by Gasteiger charge is 2.27. The lowest BCUT2D eigenvalue weighted by Crippen LogP contribution is -2.56. The Morgan fingerprint density at radius 2 is 2.47 bits per heavy atom. The van der Waals surface area contributed by atoms with E-state index in [2.05, 4.69) is 5.32 Å². The van der Waals surface area contributed by atoms with E-state index in [0.29, 0.717) is 18.8 Å². The molecule has 1 aromatic heterocycles. The predicted octanol–water partition coefficient (Wildman–Crippen LogP) is 0.215. The van der Waals surface area contributed by atoms with E-state index >= 15 is 0 Å². The topological polar surface area (TPSA) is 71.5 Å². The predicted molar refractivity (Wildman–Crippen MR) is 64.8 cm³/mol. The van der Waals surface area contributed by atoms with Gasteiger partial charge in [0.1, 0.15) is 5.76 Å². The third-order valence-corrected chi connectivity index (χ3v) is 3.10. The molecule has 5 heteroatoms. The molecule has 0 saturated carbocycles. The molecule has 1 amide bonds. The minimum Gasteiger partial charge on any atom is -0.456 e. The van der Waals surface area contributed by atoms with Gasteiger partial charge in [0.25, 0.3) is 5.91 Å². The third-order valence-electron chi connectivity index (χ3n) is 3.10. The number of nitrogens with zero attached hydrogens (tertiary/aromatic N) is 1. The van der Waals surface area contributed by atoms with Gasteiger partial charge in [-0.05, 0) is 12.1 Å². The summed E-state index contributed by atoms with van der Waals surface area (Å²) < 4.78 is 5.49. The lowest BCUT2D eigenvalue weighted by molar-refractivity contribution is 0.0610. The van der Waals surface area contributed by atoms with Gasteiger partial charge in [-0.15, -0.1) is 0 Å². The second-order valence-electron chi connectivity index (χ2n) is 4.21. The molecule has 1 unspecified atom stereocenters. The monoisotopic (exact) mass is 237 g/mol. The van der Waals surface area contributed by atoms with Crippen molar-refractivity contribution in [2.24, 2.45) is 5.73 Å². The van der Waals surface area contributed by atoms with Crippen LogP contribution >= 0.6 is 0 Å². The highest BCUT2D eigenvalue weighted by Crippen LogP contribution is 2.14. The van der Waals surface area contributed by atoms with Crippen molar-refractivity contribution >= 4 is 5.91 Å². The number of nitrogens with one attached hydrogen (secondary N) is 1. The number of nitrogens with two attached hydrogens (primary N) is 1. The molecule has 17 heavy (non-hydrogen) atoms. The molecular weight excluding hydrogens is 218 g/mol. The van der Waals surface area contributed by atoms with Crippen LogP contribution in [0.1, 0.15) is 23.2 Å². The maximum absolute atomic E-state index is 12.2. The minimum atomic E-state index is -0.0540. The molecule has 1 aromatic rings. The van der Waals surface area contributed by atoms with Crippen LogP contribution in [0.4, 0.5) is 0 Å². The van der Waals surface area contributed by atoms with Gasteiger partial charge < -0.3 is 20.4 Å². The zero-order valence-electron chi connectivity index (χ0n) is 10.1. The fourth-order valence-electron chi connectivity index (χ4n) is 2.06. The number of furan rings is 1. The second-order valence-corrected chi connectivity index (χ2v) is 4.21. The lowest BCUT2D eigenvalue weighted by Gasteiger charge is -2.34. The molecule has 3 N–H and O–H groups in total. The molecule has 5 nitrogen and oxygen atoms in total. The second kappa shape index (κ2) is 5.33. The number of carbonyl (C=O) groups is 1. The van der Waals surface area contributed by atoms with Gasteiger partial charge in [-0.3, -0.25) is 4.79 Å². The molecule has 1 atom stereocenters. The first-order valence-corrected chi connectivity index (χ1v) is 6.06. The Kier molecular flexibility index (Phi) is 3.81. The number of piperazine rings is 1. The molecule has 0 bridgehead atoms. The van der Waals surface area contributed by atoms with Gasteiger partial charge in [-0.1, -0.05) is 6.92 Å². The normalized spacial score (nSPS) is 20.6. The van der Waals surface area contributed by atoms with Crippen LogP contribution in [-0.2, 0) is 6.42 Å². The summed E-state index contributed by atoms with van der Waals surface area (Å²) in [7, 11) is 0. The van der Waals surface area contributed by atoms with Crippen LogP contribution in [0.15, 0.2) is 16.5 Å². The quantitative estimate of drug-likeness (QED) is 0.788. The molecule has 1 aliphatic rings. The number of carbonyl (C=O) groups excluding carboxylic acids is 1. The molecule has 94 valence electrons. The van der Waals surface area contributed by atoms with Crippen LogP contribution in [0.25, 0.3) is 0 Å². The van der Waals surface area contributed by atoms with Crippen LogP contribution in [0.5, 0.6) is 0 Å². The minimum absolute atomic E-state index is 0.0540. The molecule has 1 aliphatic heterocycles. The fourth-order valence-corrected chi connectivity index (χ4v) is 2.06. The fraction of sp³-hybridized carbons (Fsp3) is 0.583. The van der Waals surface area contributed by atoms with E-state index in [9.17, 15) is 4.79 Å². The van der Waals surface area contributed by atoms with Gasteiger partial charge in [0.05, 0.1) is 6.04 Å². The van der Waals surface area contributed by atoms with Crippen molar-refractivity contribution < 1.29 is 9.21 Å². The third kappa shape index (κ3) is 2.50. The Balaban J connectivity index is 2.12. The van der Waals surface area contributed by atoms with E-state index in [-0.39, 0.29) is 11.9 Å². The van der Waals surface area contributed by atoms with Crippen molar-refractivity contribution in [1.82, 2.24) is 10.2 Å². The zero-order chi connectivity index (χ0) is 12.3. The summed E-state index contributed by atoms with van der Waals surface area (Å²) in [5, 5.41) is 3.23. The average molecular weight is 237 g/mol. The van der Waals surface area contributed by atoms with E-state index in [1.54, 1.807) is 11.0 Å². The number of aryl methyl sites for hydroxylation is 1. The standard InChI is InChI=1S/C12H19N3O2/c1-2-10-3-4-11(17-10)12(16)15-6-5-14-8-9(15)7-13/h3-4,9,14H,2,5-8,13H2,1H3. The summed E-state index contributed by atoms with van der Waals surface area (Å²) in [5.74, 6) is 1.21. The Labute approximate surface area is 101 Å². The van der Waals surface area contributed by atoms with Gasteiger partial charge in [-0.25, -0.2) is 0 Å². The van der Waals surface area contributed by atoms with Crippen LogP contribution < -0.4 is 11.1 Å². The number of amides is 1. The summed E-state index contributed by atoms with van der Waals surface area (Å²) in [5.41, 5.74) is 5.68. The van der Waals surface area contributed by atoms with E-state index in [1.165, 1.54) is 0 Å². The van der Waals surface area contributed by atoms with E-state index < -0.39 is 0 Å². The number of rotatable bonds is 3. The van der Waals surface area contributed by atoms with Crippen molar-refractivity contribution in [2.75, 3.05) is 26.2 Å². The van der Waals surface area contributed by atoms with Crippen molar-refractivity contribution in [3.63, 3.8) is 0 Å². The lowest BCUT2D eigenvalue weighted by atomic mass is 10.2. The van der Waals surface area contributed by atoms with Crippen molar-refractivity contribution in [3.05, 3.63) is 23.7 Å². The van der Waals surface area contributed by atoms with E-state index in [0.717, 1.165) is 25.3 Å². The summed E-state index contributed by atoms with van der Waals surface area (Å²) in [6, 6.07) is 3.66. The molecule has 1 saturated heterocycles. The van der Waals surface area contributed by atoms with Gasteiger partial charge in [0, 0.05) is 32.6 Å². The van der Waals surface area contributed by atoms with Crippen molar-refractivity contribution in [1.29, 1.82) is 0 Å². The summed E-state index contributed by atoms with van der Waals surface area (Å²) in [6.45, 7) is 4.72. The maximum atomic E-state index is 12.2. The Bertz CT molecular complexity index is 389. The highest BCUT2D eigenvalue weighted by atomic mass is 16.4. The Hall–Kier alpha value is -1.33. The summed E-state index contributed by atoms with van der Waals surface area (Å²) in [4.78, 5) is 14.0. The van der Waals surface area contributed by atoms with Crippen LogP contribution in [0, 0.1) is 0 Å². The highest BCUT2D eigenvalue weighted by molar-refractivity contribution is 5.91. The van der Waals surface area contributed by atoms with Gasteiger partial charge >= 0.3 is 0 Å². The molecular formula is C12H19N3O2. The van der Waals surface area contributed by atoms with Crippen LogP contribution in [-0.4, -0.2) is 43.0 Å². The average Bonchev–Trinajstić information content (AvgIpc) is 2.86. The first-order chi connectivity index (χ1) is 8.26. The van der Waals surface area contributed by atoms with Crippen molar-refractivity contribution in [2.45, 2.75) is 19.4 Å². The molecule has 2 heterocycles. The van der Waals surface area contributed by atoms with E-state index in [1.807, 2.05) is 13.0 Å². The zero-order valence-corrected chi connectivity index (χ0v) is 10.1. The largest absolute Gasteiger partial charge is 0.456 e. The first kappa shape index (κ1) is 12.1. The number of hydrogen-bond acceptors (Lipinski definition) is 4. The summed E-state index contributed by atoms with van der Waals surface area (Å²) in [6.07, 6.45) is 0.801.